The lowest BCUT2D eigenvalue weighted by Crippen LogP contribution is -2.31. The van der Waals surface area contributed by atoms with Crippen molar-refractivity contribution in [3.8, 4) is 28.8 Å². The van der Waals surface area contributed by atoms with Gasteiger partial charge in [0.1, 0.15) is 23.4 Å². The summed E-state index contributed by atoms with van der Waals surface area (Å²) in [6, 6.07) is 9.48. The van der Waals surface area contributed by atoms with Crippen LogP contribution in [-0.2, 0) is 0 Å². The fourth-order valence-electron chi connectivity index (χ4n) is 2.75. The molecule has 0 unspecified atom stereocenters. The number of nitrogens with zero attached hydrogens (tertiary/aromatic N) is 4. The average molecular weight is 393 g/mol. The number of nitriles is 1. The predicted octanol–water partition coefficient (Wildman–Crippen LogP) is 2.95. The van der Waals surface area contributed by atoms with Gasteiger partial charge in [-0.25, -0.2) is 9.97 Å². The van der Waals surface area contributed by atoms with Gasteiger partial charge in [0.25, 0.3) is 0 Å². The number of H-pyrrole nitrogens is 1. The minimum atomic E-state index is 0.0812. The topological polar surface area (TPSA) is 132 Å². The monoisotopic (exact) mass is 393 g/mol. The molecule has 4 N–H and O–H groups in total. The number of aromatic nitrogens is 4. The molecule has 1 aliphatic rings. The maximum absolute atomic E-state index is 10.0. The molecule has 2 heterocycles. The first-order chi connectivity index (χ1) is 14.1. The molecule has 1 aromatic carbocycles. The number of phenolic OH excluding ortho intramolecular Hbond substituents is 1. The van der Waals surface area contributed by atoms with Gasteiger partial charge < -0.3 is 20.5 Å². The van der Waals surface area contributed by atoms with E-state index >= 15 is 0 Å². The highest BCUT2D eigenvalue weighted by molar-refractivity contribution is 5.75. The summed E-state index contributed by atoms with van der Waals surface area (Å²) in [5.41, 5.74) is 1.34. The van der Waals surface area contributed by atoms with Crippen LogP contribution >= 0.6 is 0 Å². The predicted molar refractivity (Wildman–Crippen MR) is 109 cm³/mol. The highest BCUT2D eigenvalue weighted by Gasteiger charge is 2.14. The highest BCUT2D eigenvalue weighted by atomic mass is 16.5. The van der Waals surface area contributed by atoms with Gasteiger partial charge in [0, 0.05) is 12.1 Å². The number of anilines is 2. The molecule has 2 aromatic heterocycles. The van der Waals surface area contributed by atoms with Gasteiger partial charge in [-0.05, 0) is 32.0 Å². The smallest absolute Gasteiger partial charge is 0.158 e. The van der Waals surface area contributed by atoms with Crippen LogP contribution in [0.25, 0.3) is 11.3 Å². The third-order valence-corrected chi connectivity index (χ3v) is 4.61. The minimum Gasteiger partial charge on any atom is -0.507 e. The maximum Gasteiger partial charge on any atom is 0.158 e. The number of phenols is 1. The third kappa shape index (κ3) is 5.00. The van der Waals surface area contributed by atoms with Crippen molar-refractivity contribution in [2.24, 2.45) is 0 Å². The van der Waals surface area contributed by atoms with E-state index in [1.54, 1.807) is 24.3 Å². The molecule has 0 amide bonds. The number of aromatic hydroxyl groups is 1. The van der Waals surface area contributed by atoms with Crippen molar-refractivity contribution < 1.29 is 9.84 Å². The molecule has 9 heteroatoms. The van der Waals surface area contributed by atoms with E-state index in [1.165, 1.54) is 38.8 Å². The summed E-state index contributed by atoms with van der Waals surface area (Å²) in [6.45, 7) is 0. The van der Waals surface area contributed by atoms with Crippen molar-refractivity contribution in [2.45, 2.75) is 25.3 Å². The van der Waals surface area contributed by atoms with Crippen LogP contribution in [0.2, 0.25) is 0 Å². The van der Waals surface area contributed by atoms with E-state index in [9.17, 15) is 5.11 Å². The average Bonchev–Trinajstić information content (AvgIpc) is 3.16. The molecule has 29 heavy (non-hydrogen) atoms. The summed E-state index contributed by atoms with van der Waals surface area (Å²) in [5.74, 6) is 1.55. The molecule has 150 valence electrons. The van der Waals surface area contributed by atoms with Crippen molar-refractivity contribution in [3.63, 3.8) is 0 Å². The number of benzene rings is 1. The van der Waals surface area contributed by atoms with Crippen LogP contribution in [0.5, 0.6) is 11.5 Å². The summed E-state index contributed by atoms with van der Waals surface area (Å²) in [4.78, 5) is 7.97. The molecule has 1 fully saturated rings. The SMILES string of the molecule is CNC1CCC1.COc1cccc(O)c1-c1cc(Nc2cnc(C#N)cn2)n[nH]1. The second-order valence-electron chi connectivity index (χ2n) is 6.46. The van der Waals surface area contributed by atoms with E-state index in [2.05, 4.69) is 30.8 Å². The Bertz CT molecular complexity index is 972. The first-order valence-corrected chi connectivity index (χ1v) is 9.22. The van der Waals surface area contributed by atoms with Crippen molar-refractivity contribution in [1.82, 2.24) is 25.5 Å². The largest absolute Gasteiger partial charge is 0.507 e. The van der Waals surface area contributed by atoms with Crippen LogP contribution in [0.3, 0.4) is 0 Å². The van der Waals surface area contributed by atoms with Crippen LogP contribution in [0.15, 0.2) is 36.7 Å². The van der Waals surface area contributed by atoms with Crippen molar-refractivity contribution in [3.05, 3.63) is 42.4 Å². The van der Waals surface area contributed by atoms with Crippen LogP contribution < -0.4 is 15.4 Å². The van der Waals surface area contributed by atoms with Gasteiger partial charge in [-0.15, -0.1) is 0 Å². The Morgan fingerprint density at radius 1 is 1.24 bits per heavy atom. The molecule has 0 saturated heterocycles. The van der Waals surface area contributed by atoms with E-state index in [0.29, 0.717) is 28.6 Å². The van der Waals surface area contributed by atoms with E-state index in [0.717, 1.165) is 6.04 Å². The lowest BCUT2D eigenvalue weighted by atomic mass is 9.94. The number of nitrogens with one attached hydrogen (secondary N) is 3. The maximum atomic E-state index is 10.0. The normalized spacial score (nSPS) is 12.9. The molecule has 0 spiro atoms. The Hall–Kier alpha value is -3.64. The Labute approximate surface area is 168 Å². The Balaban J connectivity index is 0.000000343. The second kappa shape index (κ2) is 9.52. The van der Waals surface area contributed by atoms with Crippen molar-refractivity contribution in [1.29, 1.82) is 5.26 Å². The summed E-state index contributed by atoms with van der Waals surface area (Å²) < 4.78 is 5.25. The Morgan fingerprint density at radius 3 is 2.62 bits per heavy atom. The van der Waals surface area contributed by atoms with Crippen LogP contribution in [0.4, 0.5) is 11.6 Å². The molecule has 0 radical (unpaired) electrons. The number of ether oxygens (including phenoxy) is 1. The quantitative estimate of drug-likeness (QED) is 0.520. The van der Waals surface area contributed by atoms with Crippen LogP contribution in [0, 0.1) is 11.3 Å². The molecule has 0 bridgehead atoms. The standard InChI is InChI=1S/C15H12N6O2.C5H11N/c1-23-12-4-2-3-11(22)15(12)10-5-13(21-20-10)19-14-8-17-9(6-16)7-18-14;1-6-5-3-2-4-5/h2-5,7-8,22H,1H3,(H2,18,19,20,21);5-6H,2-4H2,1H3. The van der Waals surface area contributed by atoms with Gasteiger partial charge in [0.15, 0.2) is 11.5 Å². The zero-order valence-corrected chi connectivity index (χ0v) is 16.3. The first kappa shape index (κ1) is 20.1. The number of rotatable bonds is 5. The molecule has 3 aromatic rings. The lowest BCUT2D eigenvalue weighted by molar-refractivity contribution is 0.361. The van der Waals surface area contributed by atoms with Crippen LogP contribution in [-0.4, -0.2) is 45.5 Å². The van der Waals surface area contributed by atoms with Gasteiger partial charge in [0.2, 0.25) is 0 Å². The summed E-state index contributed by atoms with van der Waals surface area (Å²) in [7, 11) is 3.56. The van der Waals surface area contributed by atoms with Gasteiger partial charge in [-0.3, -0.25) is 5.10 Å². The molecule has 0 atom stereocenters. The number of hydrogen-bond acceptors (Lipinski definition) is 8. The second-order valence-corrected chi connectivity index (χ2v) is 6.46. The Kier molecular flexibility index (Phi) is 6.60. The van der Waals surface area contributed by atoms with Gasteiger partial charge in [0.05, 0.1) is 30.8 Å². The molecule has 4 rings (SSSR count). The highest BCUT2D eigenvalue weighted by Crippen LogP contribution is 2.37. The molecule has 1 aliphatic carbocycles. The molecule has 9 nitrogen and oxygen atoms in total. The fraction of sp³-hybridized carbons (Fsp3) is 0.300. The first-order valence-electron chi connectivity index (χ1n) is 9.22. The third-order valence-electron chi connectivity index (χ3n) is 4.61. The van der Waals surface area contributed by atoms with E-state index in [1.807, 2.05) is 13.1 Å². The van der Waals surface area contributed by atoms with E-state index < -0.39 is 0 Å². The van der Waals surface area contributed by atoms with Gasteiger partial charge in [-0.1, -0.05) is 12.5 Å². The van der Waals surface area contributed by atoms with Gasteiger partial charge >= 0.3 is 0 Å². The summed E-state index contributed by atoms with van der Waals surface area (Å²) in [6.07, 6.45) is 7.04. The summed E-state index contributed by atoms with van der Waals surface area (Å²) in [5, 5.41) is 31.8. The van der Waals surface area contributed by atoms with E-state index in [-0.39, 0.29) is 11.4 Å². The number of aromatic amines is 1. The summed E-state index contributed by atoms with van der Waals surface area (Å²) >= 11 is 0. The van der Waals surface area contributed by atoms with E-state index in [4.69, 9.17) is 10.00 Å². The minimum absolute atomic E-state index is 0.0812. The molecular formula is C20H23N7O2. The molecular weight excluding hydrogens is 370 g/mol. The zero-order chi connectivity index (χ0) is 20.6. The zero-order valence-electron chi connectivity index (χ0n) is 16.3. The number of hydrogen-bond donors (Lipinski definition) is 4. The molecule has 0 aliphatic heterocycles. The lowest BCUT2D eigenvalue weighted by Gasteiger charge is -2.23. The van der Waals surface area contributed by atoms with Crippen LogP contribution in [0.1, 0.15) is 25.0 Å². The van der Waals surface area contributed by atoms with Gasteiger partial charge in [-0.2, -0.15) is 10.4 Å². The molecule has 1 saturated carbocycles. The number of methoxy groups -OCH3 is 1. The van der Waals surface area contributed by atoms with Crippen molar-refractivity contribution >= 4 is 11.6 Å². The fourth-order valence-corrected chi connectivity index (χ4v) is 2.75. The Morgan fingerprint density at radius 2 is 2.07 bits per heavy atom. The van der Waals surface area contributed by atoms with Crippen molar-refractivity contribution in [2.75, 3.05) is 19.5 Å².